The van der Waals surface area contributed by atoms with Crippen molar-refractivity contribution in [3.05, 3.63) is 58.1 Å². The number of hydrogen-bond acceptors (Lipinski definition) is 6. The maximum atomic E-state index is 13.3. The van der Waals surface area contributed by atoms with Gasteiger partial charge in [0.25, 0.3) is 0 Å². The summed E-state index contributed by atoms with van der Waals surface area (Å²) in [5, 5.41) is 4.19. The Morgan fingerprint density at radius 1 is 0.923 bits per heavy atom. The summed E-state index contributed by atoms with van der Waals surface area (Å²) in [6.45, 7) is 16.9. The number of imide groups is 1. The molecular weight excluding hydrogens is 518 g/mol. The summed E-state index contributed by atoms with van der Waals surface area (Å²) < 4.78 is 11.1. The number of anilines is 2. The SMILES string of the molecule is Cc1cccc(C2(Nc3ccc4c(c3)N(C(=O)OC(C)(C)C)C(=O)C4(C)C)CN(C(=O)OC(C)(C)C)C2)c1Cl. The first-order chi connectivity index (χ1) is 17.8. The van der Waals surface area contributed by atoms with E-state index < -0.39 is 34.3 Å². The van der Waals surface area contributed by atoms with Crippen molar-refractivity contribution in [3.63, 3.8) is 0 Å². The Morgan fingerprint density at radius 2 is 1.51 bits per heavy atom. The van der Waals surface area contributed by atoms with Gasteiger partial charge in [0.2, 0.25) is 5.91 Å². The van der Waals surface area contributed by atoms with Crippen LogP contribution in [0, 0.1) is 6.92 Å². The van der Waals surface area contributed by atoms with E-state index in [0.717, 1.165) is 21.6 Å². The van der Waals surface area contributed by atoms with Crippen LogP contribution in [0.5, 0.6) is 0 Å². The molecule has 210 valence electrons. The van der Waals surface area contributed by atoms with Crippen LogP contribution < -0.4 is 10.2 Å². The molecule has 2 heterocycles. The predicted molar refractivity (Wildman–Crippen MR) is 152 cm³/mol. The Kier molecular flexibility index (Phi) is 6.95. The van der Waals surface area contributed by atoms with Gasteiger partial charge in [0.15, 0.2) is 0 Å². The van der Waals surface area contributed by atoms with Crippen LogP contribution >= 0.6 is 11.6 Å². The molecule has 0 aromatic heterocycles. The monoisotopic (exact) mass is 555 g/mol. The molecule has 2 aromatic rings. The highest BCUT2D eigenvalue weighted by molar-refractivity contribution is 6.32. The lowest BCUT2D eigenvalue weighted by atomic mass is 9.81. The predicted octanol–water partition coefficient (Wildman–Crippen LogP) is 6.77. The van der Waals surface area contributed by atoms with Crippen molar-refractivity contribution in [2.45, 2.75) is 84.5 Å². The number of carbonyl (C=O) groups excluding carboxylic acids is 3. The molecule has 39 heavy (non-hydrogen) atoms. The second kappa shape index (κ2) is 9.44. The molecule has 0 bridgehead atoms. The minimum absolute atomic E-state index is 0.322. The average Bonchev–Trinajstić information content (AvgIpc) is 2.95. The number of amides is 3. The maximum absolute atomic E-state index is 13.3. The number of rotatable bonds is 3. The van der Waals surface area contributed by atoms with Crippen LogP contribution in [0.4, 0.5) is 21.0 Å². The molecular formula is C30H38ClN3O5. The standard InChI is InChI=1S/C30H38ClN3O5/c1-18-11-10-12-21(23(18)31)30(16-33(17-30)25(36)38-27(2,3)4)32-19-13-14-20-22(15-19)34(24(35)29(20,8)9)26(37)39-28(5,6)7/h10-15,32H,16-17H2,1-9H3. The van der Waals surface area contributed by atoms with Gasteiger partial charge >= 0.3 is 12.2 Å². The first kappa shape index (κ1) is 28.7. The zero-order valence-corrected chi connectivity index (χ0v) is 24.9. The Hall–Kier alpha value is -3.26. The smallest absolute Gasteiger partial charge is 0.421 e. The largest absolute Gasteiger partial charge is 0.444 e. The molecule has 1 saturated heterocycles. The number of nitrogens with one attached hydrogen (secondary N) is 1. The number of halogens is 1. The minimum Gasteiger partial charge on any atom is -0.444 e. The molecule has 2 aliphatic heterocycles. The van der Waals surface area contributed by atoms with Crippen molar-refractivity contribution in [1.29, 1.82) is 0 Å². The highest BCUT2D eigenvalue weighted by atomic mass is 35.5. The summed E-state index contributed by atoms with van der Waals surface area (Å²) in [6, 6.07) is 11.3. The number of ether oxygens (including phenoxy) is 2. The fourth-order valence-electron chi connectivity index (χ4n) is 4.99. The molecule has 3 amide bonds. The number of likely N-dealkylation sites (tertiary alicyclic amines) is 1. The van der Waals surface area contributed by atoms with E-state index in [0.29, 0.717) is 29.5 Å². The summed E-state index contributed by atoms with van der Waals surface area (Å²) in [6.07, 6.45) is -1.12. The number of aryl methyl sites for hydroxylation is 1. The number of hydrogen-bond donors (Lipinski definition) is 1. The minimum atomic E-state index is -0.897. The van der Waals surface area contributed by atoms with Gasteiger partial charge < -0.3 is 19.7 Å². The Morgan fingerprint density at radius 3 is 2.10 bits per heavy atom. The normalized spacial score (nSPS) is 17.8. The highest BCUT2D eigenvalue weighted by Gasteiger charge is 2.51. The first-order valence-electron chi connectivity index (χ1n) is 13.1. The number of nitrogens with zero attached hydrogens (tertiary/aromatic N) is 2. The van der Waals surface area contributed by atoms with E-state index in [9.17, 15) is 14.4 Å². The third kappa shape index (κ3) is 5.44. The van der Waals surface area contributed by atoms with E-state index >= 15 is 0 Å². The van der Waals surface area contributed by atoms with Gasteiger partial charge in [0.05, 0.1) is 29.7 Å². The Labute approximate surface area is 235 Å². The highest BCUT2D eigenvalue weighted by Crippen LogP contribution is 2.46. The molecule has 0 unspecified atom stereocenters. The number of carbonyl (C=O) groups is 3. The topological polar surface area (TPSA) is 88.2 Å². The third-order valence-corrected chi connectivity index (χ3v) is 7.39. The molecule has 4 rings (SSSR count). The van der Waals surface area contributed by atoms with Crippen molar-refractivity contribution in [2.75, 3.05) is 23.3 Å². The number of benzene rings is 2. The average molecular weight is 556 g/mol. The fourth-order valence-corrected chi connectivity index (χ4v) is 5.29. The van der Waals surface area contributed by atoms with E-state index in [4.69, 9.17) is 21.1 Å². The van der Waals surface area contributed by atoms with E-state index in [1.54, 1.807) is 45.6 Å². The van der Waals surface area contributed by atoms with Gasteiger partial charge in [-0.3, -0.25) is 4.79 Å². The first-order valence-corrected chi connectivity index (χ1v) is 13.5. The zero-order chi connectivity index (χ0) is 29.1. The number of fused-ring (bicyclic) bond motifs is 1. The second-order valence-electron chi connectivity index (χ2n) is 13.0. The van der Waals surface area contributed by atoms with Crippen LogP contribution in [0.25, 0.3) is 0 Å². The lowest BCUT2D eigenvalue weighted by Gasteiger charge is -2.51. The molecule has 0 atom stereocenters. The zero-order valence-electron chi connectivity index (χ0n) is 24.2. The molecule has 0 saturated carbocycles. The van der Waals surface area contributed by atoms with Crippen LogP contribution in [0.3, 0.4) is 0 Å². The molecule has 8 nitrogen and oxygen atoms in total. The second-order valence-corrected chi connectivity index (χ2v) is 13.3. The van der Waals surface area contributed by atoms with Gasteiger partial charge in [0.1, 0.15) is 11.2 Å². The van der Waals surface area contributed by atoms with Crippen LogP contribution in [0.15, 0.2) is 36.4 Å². The lowest BCUT2D eigenvalue weighted by Crippen LogP contribution is -2.65. The third-order valence-electron chi connectivity index (χ3n) is 6.89. The lowest BCUT2D eigenvalue weighted by molar-refractivity contribution is -0.121. The summed E-state index contributed by atoms with van der Waals surface area (Å²) in [4.78, 5) is 42.0. The molecule has 1 fully saturated rings. The molecule has 2 aromatic carbocycles. The van der Waals surface area contributed by atoms with Crippen LogP contribution in [0.1, 0.15) is 72.1 Å². The van der Waals surface area contributed by atoms with Crippen molar-refractivity contribution >= 4 is 41.1 Å². The quantitative estimate of drug-likeness (QED) is 0.450. The van der Waals surface area contributed by atoms with Crippen molar-refractivity contribution in [2.24, 2.45) is 0 Å². The van der Waals surface area contributed by atoms with Gasteiger partial charge in [-0.2, -0.15) is 0 Å². The van der Waals surface area contributed by atoms with Crippen molar-refractivity contribution in [3.8, 4) is 0 Å². The van der Waals surface area contributed by atoms with Gasteiger partial charge in [-0.05, 0) is 91.1 Å². The van der Waals surface area contributed by atoms with Gasteiger partial charge in [-0.25, -0.2) is 14.5 Å². The van der Waals surface area contributed by atoms with Crippen LogP contribution in [0.2, 0.25) is 5.02 Å². The van der Waals surface area contributed by atoms with E-state index in [1.165, 1.54) is 0 Å². The molecule has 1 N–H and O–H groups in total. The maximum Gasteiger partial charge on any atom is 0.421 e. The summed E-state index contributed by atoms with van der Waals surface area (Å²) in [7, 11) is 0. The van der Waals surface area contributed by atoms with Crippen LogP contribution in [-0.4, -0.2) is 47.3 Å². The van der Waals surface area contributed by atoms with E-state index in [1.807, 2.05) is 58.0 Å². The van der Waals surface area contributed by atoms with Crippen LogP contribution in [-0.2, 0) is 25.2 Å². The summed E-state index contributed by atoms with van der Waals surface area (Å²) in [5.41, 5.74) is 0.670. The molecule has 0 spiro atoms. The van der Waals surface area contributed by atoms with E-state index in [2.05, 4.69) is 5.32 Å². The van der Waals surface area contributed by atoms with Gasteiger partial charge in [-0.15, -0.1) is 0 Å². The van der Waals surface area contributed by atoms with E-state index in [-0.39, 0.29) is 5.91 Å². The summed E-state index contributed by atoms with van der Waals surface area (Å²) >= 11 is 6.78. The van der Waals surface area contributed by atoms with Gasteiger partial charge in [-0.1, -0.05) is 35.9 Å². The summed E-state index contributed by atoms with van der Waals surface area (Å²) in [5.74, 6) is -0.347. The molecule has 0 aliphatic carbocycles. The molecule has 2 aliphatic rings. The van der Waals surface area contributed by atoms with Gasteiger partial charge in [0, 0.05) is 10.7 Å². The van der Waals surface area contributed by atoms with Crippen molar-refractivity contribution in [1.82, 2.24) is 4.90 Å². The molecule has 0 radical (unpaired) electrons. The Bertz CT molecular complexity index is 1330. The van der Waals surface area contributed by atoms with Crippen molar-refractivity contribution < 1.29 is 23.9 Å². The Balaban J connectivity index is 1.71. The molecule has 9 heteroatoms. The fraction of sp³-hybridized carbons (Fsp3) is 0.500.